The predicted octanol–water partition coefficient (Wildman–Crippen LogP) is 2.82. The summed E-state index contributed by atoms with van der Waals surface area (Å²) >= 11 is 0. The molecule has 82 valence electrons. The molecule has 0 aliphatic heterocycles. The largest absolute Gasteiger partial charge is 0.481 e. The van der Waals surface area contributed by atoms with Crippen LogP contribution in [0.3, 0.4) is 0 Å². The van der Waals surface area contributed by atoms with E-state index in [-0.39, 0.29) is 6.42 Å². The molecule has 0 fully saturated rings. The Labute approximate surface area is 90.9 Å². The van der Waals surface area contributed by atoms with Crippen molar-refractivity contribution in [2.75, 3.05) is 0 Å². The van der Waals surface area contributed by atoms with Gasteiger partial charge in [0.2, 0.25) is 0 Å². The summed E-state index contributed by atoms with van der Waals surface area (Å²) < 4.78 is 0. The summed E-state index contributed by atoms with van der Waals surface area (Å²) in [5.74, 6) is -0.204. The maximum Gasteiger partial charge on any atom is 0.307 e. The number of hydrogen-bond donors (Lipinski definition) is 1. The average Bonchev–Trinajstić information content (AvgIpc) is 2.09. The van der Waals surface area contributed by atoms with Gasteiger partial charge in [0.1, 0.15) is 0 Å². The van der Waals surface area contributed by atoms with Crippen molar-refractivity contribution in [1.29, 1.82) is 0 Å². The second kappa shape index (κ2) is 4.96. The quantitative estimate of drug-likeness (QED) is 0.822. The first-order valence-corrected chi connectivity index (χ1v) is 5.30. The van der Waals surface area contributed by atoms with Crippen molar-refractivity contribution in [2.45, 2.75) is 33.6 Å². The maximum absolute atomic E-state index is 10.7. The highest BCUT2D eigenvalue weighted by Crippen LogP contribution is 2.18. The summed E-state index contributed by atoms with van der Waals surface area (Å²) in [7, 11) is 0. The van der Waals surface area contributed by atoms with Crippen molar-refractivity contribution in [3.63, 3.8) is 0 Å². The Morgan fingerprint density at radius 1 is 1.40 bits per heavy atom. The molecule has 0 atom stereocenters. The molecule has 0 unspecified atom stereocenters. The zero-order chi connectivity index (χ0) is 11.4. The molecule has 0 amide bonds. The molecular weight excluding hydrogens is 188 g/mol. The van der Waals surface area contributed by atoms with E-state index in [1.54, 1.807) is 0 Å². The number of aryl methyl sites for hydroxylation is 1. The Bertz CT molecular complexity index is 354. The highest BCUT2D eigenvalue weighted by atomic mass is 16.4. The van der Waals surface area contributed by atoms with E-state index in [4.69, 9.17) is 5.11 Å². The number of carboxylic acid groups (broad SMARTS) is 1. The zero-order valence-electron chi connectivity index (χ0n) is 9.58. The summed E-state index contributed by atoms with van der Waals surface area (Å²) in [5.41, 5.74) is 3.36. The van der Waals surface area contributed by atoms with Gasteiger partial charge in [-0.15, -0.1) is 0 Å². The molecule has 0 aliphatic carbocycles. The van der Waals surface area contributed by atoms with Gasteiger partial charge in [-0.1, -0.05) is 32.0 Å². The molecule has 2 heteroatoms. The van der Waals surface area contributed by atoms with E-state index in [2.05, 4.69) is 13.8 Å². The van der Waals surface area contributed by atoms with E-state index >= 15 is 0 Å². The predicted molar refractivity (Wildman–Crippen MR) is 61.1 cm³/mol. The monoisotopic (exact) mass is 206 g/mol. The molecule has 0 saturated carbocycles. The third-order valence-corrected chi connectivity index (χ3v) is 2.46. The van der Waals surface area contributed by atoms with Crippen LogP contribution in [0.2, 0.25) is 0 Å². The minimum absolute atomic E-state index is 0.129. The van der Waals surface area contributed by atoms with E-state index in [1.165, 1.54) is 11.1 Å². The van der Waals surface area contributed by atoms with Gasteiger partial charge in [-0.25, -0.2) is 0 Å². The average molecular weight is 206 g/mol. The van der Waals surface area contributed by atoms with Crippen LogP contribution in [0, 0.1) is 12.8 Å². The molecule has 2 nitrogen and oxygen atoms in total. The van der Waals surface area contributed by atoms with E-state index < -0.39 is 5.97 Å². The molecule has 0 spiro atoms. The van der Waals surface area contributed by atoms with Gasteiger partial charge in [0.05, 0.1) is 6.42 Å². The van der Waals surface area contributed by atoms with Gasteiger partial charge in [-0.05, 0) is 36.0 Å². The molecule has 1 aromatic carbocycles. The van der Waals surface area contributed by atoms with Gasteiger partial charge >= 0.3 is 5.97 Å². The van der Waals surface area contributed by atoms with Gasteiger partial charge in [-0.3, -0.25) is 4.79 Å². The molecule has 15 heavy (non-hydrogen) atoms. The van der Waals surface area contributed by atoms with Crippen LogP contribution in [0.5, 0.6) is 0 Å². The third kappa shape index (κ3) is 3.39. The van der Waals surface area contributed by atoms with Crippen LogP contribution in [-0.2, 0) is 17.6 Å². The molecule has 1 N–H and O–H groups in total. The minimum atomic E-state index is -0.759. The van der Waals surface area contributed by atoms with Gasteiger partial charge in [0, 0.05) is 0 Å². The molecular formula is C13H18O2. The molecule has 0 heterocycles. The van der Waals surface area contributed by atoms with Crippen LogP contribution < -0.4 is 0 Å². The maximum atomic E-state index is 10.7. The normalized spacial score (nSPS) is 10.7. The lowest BCUT2D eigenvalue weighted by Crippen LogP contribution is -2.07. The zero-order valence-corrected chi connectivity index (χ0v) is 9.58. The van der Waals surface area contributed by atoms with Crippen LogP contribution in [-0.4, -0.2) is 11.1 Å². The number of carboxylic acids is 1. The molecule has 1 rings (SSSR count). The summed E-state index contributed by atoms with van der Waals surface area (Å²) in [4.78, 5) is 10.7. The van der Waals surface area contributed by atoms with Crippen molar-refractivity contribution >= 4 is 5.97 Å². The summed E-state index contributed by atoms with van der Waals surface area (Å²) in [6.45, 7) is 6.34. The van der Waals surface area contributed by atoms with Crippen LogP contribution in [0.4, 0.5) is 0 Å². The van der Waals surface area contributed by atoms with Crippen molar-refractivity contribution in [3.8, 4) is 0 Å². The summed E-state index contributed by atoms with van der Waals surface area (Å²) in [6, 6.07) is 5.89. The van der Waals surface area contributed by atoms with E-state index in [0.717, 1.165) is 12.0 Å². The summed E-state index contributed by atoms with van der Waals surface area (Å²) in [5, 5.41) is 8.82. The fourth-order valence-electron chi connectivity index (χ4n) is 1.79. The highest BCUT2D eigenvalue weighted by Gasteiger charge is 2.10. The van der Waals surface area contributed by atoms with Gasteiger partial charge in [-0.2, -0.15) is 0 Å². The first-order valence-electron chi connectivity index (χ1n) is 5.30. The molecule has 0 radical (unpaired) electrons. The lowest BCUT2D eigenvalue weighted by molar-refractivity contribution is -0.136. The van der Waals surface area contributed by atoms with Crippen molar-refractivity contribution in [1.82, 2.24) is 0 Å². The lowest BCUT2D eigenvalue weighted by atomic mass is 9.92. The third-order valence-electron chi connectivity index (χ3n) is 2.46. The standard InChI is InChI=1S/C13H18O2/c1-9(2)7-12-10(3)5-4-6-11(12)8-13(14)15/h4-6,9H,7-8H2,1-3H3,(H,14,15). The lowest BCUT2D eigenvalue weighted by Gasteiger charge is -2.13. The van der Waals surface area contributed by atoms with Gasteiger partial charge < -0.3 is 5.11 Å². The Kier molecular flexibility index (Phi) is 3.89. The number of aliphatic carboxylic acids is 1. The van der Waals surface area contributed by atoms with Crippen molar-refractivity contribution < 1.29 is 9.90 Å². The van der Waals surface area contributed by atoms with Gasteiger partial charge in [0.15, 0.2) is 0 Å². The fraction of sp³-hybridized carbons (Fsp3) is 0.462. The Morgan fingerprint density at radius 3 is 2.60 bits per heavy atom. The smallest absolute Gasteiger partial charge is 0.307 e. The molecule has 1 aromatic rings. The first-order chi connectivity index (χ1) is 7.00. The molecule has 0 aliphatic rings. The number of rotatable bonds is 4. The van der Waals surface area contributed by atoms with Gasteiger partial charge in [0.25, 0.3) is 0 Å². The molecule has 0 saturated heterocycles. The van der Waals surface area contributed by atoms with E-state index in [0.29, 0.717) is 5.92 Å². The topological polar surface area (TPSA) is 37.3 Å². The van der Waals surface area contributed by atoms with Crippen LogP contribution >= 0.6 is 0 Å². The SMILES string of the molecule is Cc1cccc(CC(=O)O)c1CC(C)C. The van der Waals surface area contributed by atoms with E-state index in [9.17, 15) is 4.79 Å². The highest BCUT2D eigenvalue weighted by molar-refractivity contribution is 5.71. The van der Waals surface area contributed by atoms with Crippen LogP contribution in [0.15, 0.2) is 18.2 Å². The Balaban J connectivity index is 3.02. The second-order valence-electron chi connectivity index (χ2n) is 4.38. The Hall–Kier alpha value is -1.31. The molecule has 0 bridgehead atoms. The second-order valence-corrected chi connectivity index (χ2v) is 4.38. The van der Waals surface area contributed by atoms with Crippen molar-refractivity contribution in [2.24, 2.45) is 5.92 Å². The minimum Gasteiger partial charge on any atom is -0.481 e. The van der Waals surface area contributed by atoms with E-state index in [1.807, 2.05) is 25.1 Å². The first kappa shape index (κ1) is 11.8. The Morgan fingerprint density at radius 2 is 2.07 bits per heavy atom. The fourth-order valence-corrected chi connectivity index (χ4v) is 1.79. The van der Waals surface area contributed by atoms with Crippen molar-refractivity contribution in [3.05, 3.63) is 34.9 Å². The molecule has 0 aromatic heterocycles. The van der Waals surface area contributed by atoms with Crippen LogP contribution in [0.1, 0.15) is 30.5 Å². The van der Waals surface area contributed by atoms with Crippen LogP contribution in [0.25, 0.3) is 0 Å². The number of hydrogen-bond acceptors (Lipinski definition) is 1. The number of carbonyl (C=O) groups is 1. The number of benzene rings is 1. The summed E-state index contributed by atoms with van der Waals surface area (Å²) in [6.07, 6.45) is 1.08.